The number of benzene rings is 1. The Kier molecular flexibility index (Phi) is 3.33. The zero-order valence-corrected chi connectivity index (χ0v) is 10.0. The lowest BCUT2D eigenvalue weighted by Crippen LogP contribution is -2.37. The van der Waals surface area contributed by atoms with Crippen LogP contribution in [0.2, 0.25) is 0 Å². The lowest BCUT2D eigenvalue weighted by molar-refractivity contribution is 0.267. The first-order valence-corrected chi connectivity index (χ1v) is 6.07. The molecule has 0 aliphatic heterocycles. The van der Waals surface area contributed by atoms with Crippen molar-refractivity contribution in [1.29, 1.82) is 5.26 Å². The molecule has 2 rings (SSSR count). The molecule has 1 unspecified atom stereocenters. The van der Waals surface area contributed by atoms with Crippen molar-refractivity contribution in [2.75, 3.05) is 5.32 Å². The minimum absolute atomic E-state index is 0.303. The van der Waals surface area contributed by atoms with Crippen molar-refractivity contribution in [3.63, 3.8) is 0 Å². The molecule has 90 valence electrons. The van der Waals surface area contributed by atoms with Gasteiger partial charge in [0.25, 0.3) is 0 Å². The monoisotopic (exact) mass is 232 g/mol. The molecule has 1 aromatic rings. The van der Waals surface area contributed by atoms with Gasteiger partial charge in [-0.25, -0.2) is 4.39 Å². The van der Waals surface area contributed by atoms with E-state index >= 15 is 0 Å². The van der Waals surface area contributed by atoms with Crippen molar-refractivity contribution in [1.82, 2.24) is 0 Å². The average Bonchev–Trinajstić information content (AvgIpc) is 2.27. The van der Waals surface area contributed by atoms with Gasteiger partial charge < -0.3 is 5.32 Å². The molecular formula is C14H17FN2. The van der Waals surface area contributed by atoms with Crippen molar-refractivity contribution < 1.29 is 4.39 Å². The molecular weight excluding hydrogens is 215 g/mol. The molecule has 1 fully saturated rings. The Morgan fingerprint density at radius 1 is 1.47 bits per heavy atom. The summed E-state index contributed by atoms with van der Waals surface area (Å²) >= 11 is 0. The Bertz CT molecular complexity index is 434. The van der Waals surface area contributed by atoms with Gasteiger partial charge in [-0.1, -0.05) is 31.4 Å². The number of para-hydroxylation sites is 1. The first-order valence-electron chi connectivity index (χ1n) is 6.07. The van der Waals surface area contributed by atoms with Crippen LogP contribution in [0.4, 0.5) is 10.1 Å². The maximum atomic E-state index is 13.5. The van der Waals surface area contributed by atoms with E-state index in [2.05, 4.69) is 11.4 Å². The number of anilines is 1. The van der Waals surface area contributed by atoms with Crippen LogP contribution in [0.15, 0.2) is 24.3 Å². The smallest absolute Gasteiger partial charge is 0.146 e. The number of hydrogen-bond donors (Lipinski definition) is 1. The van der Waals surface area contributed by atoms with Gasteiger partial charge in [0.1, 0.15) is 11.4 Å². The van der Waals surface area contributed by atoms with Crippen molar-refractivity contribution >= 4 is 5.69 Å². The SMILES string of the molecule is CC(C#N)(CC1CCC1)Nc1ccccc1F. The van der Waals surface area contributed by atoms with Crippen molar-refractivity contribution in [3.8, 4) is 6.07 Å². The molecule has 1 saturated carbocycles. The lowest BCUT2D eigenvalue weighted by atomic mass is 9.77. The third-order valence-electron chi connectivity index (χ3n) is 3.45. The molecule has 0 heterocycles. The average molecular weight is 232 g/mol. The largest absolute Gasteiger partial charge is 0.365 e. The molecule has 2 nitrogen and oxygen atoms in total. The maximum absolute atomic E-state index is 13.5. The summed E-state index contributed by atoms with van der Waals surface area (Å²) in [7, 11) is 0. The Balaban J connectivity index is 2.08. The van der Waals surface area contributed by atoms with Crippen LogP contribution in [-0.4, -0.2) is 5.54 Å². The minimum Gasteiger partial charge on any atom is -0.365 e. The summed E-state index contributed by atoms with van der Waals surface area (Å²) in [6.45, 7) is 1.84. The zero-order valence-electron chi connectivity index (χ0n) is 10.0. The van der Waals surface area contributed by atoms with Crippen molar-refractivity contribution in [3.05, 3.63) is 30.1 Å². The molecule has 1 aliphatic carbocycles. The number of hydrogen-bond acceptors (Lipinski definition) is 2. The summed E-state index contributed by atoms with van der Waals surface area (Å²) in [5.41, 5.74) is -0.260. The van der Waals surface area contributed by atoms with Gasteiger partial charge in [-0.15, -0.1) is 0 Å². The van der Waals surface area contributed by atoms with Gasteiger partial charge >= 0.3 is 0 Å². The van der Waals surface area contributed by atoms with Gasteiger partial charge in [0, 0.05) is 0 Å². The van der Waals surface area contributed by atoms with E-state index in [4.69, 9.17) is 0 Å². The van der Waals surface area contributed by atoms with Gasteiger partial charge in [0.15, 0.2) is 0 Å². The van der Waals surface area contributed by atoms with Crippen LogP contribution in [0.5, 0.6) is 0 Å². The van der Waals surface area contributed by atoms with E-state index in [1.54, 1.807) is 18.2 Å². The summed E-state index contributed by atoms with van der Waals surface area (Å²) in [5.74, 6) is 0.307. The minimum atomic E-state index is -0.673. The number of nitriles is 1. The van der Waals surface area contributed by atoms with Crippen LogP contribution >= 0.6 is 0 Å². The number of halogens is 1. The molecule has 0 saturated heterocycles. The van der Waals surface area contributed by atoms with Crippen molar-refractivity contribution in [2.24, 2.45) is 5.92 Å². The van der Waals surface area contributed by atoms with Crippen LogP contribution in [0.1, 0.15) is 32.6 Å². The summed E-state index contributed by atoms with van der Waals surface area (Å²) in [6.07, 6.45) is 4.43. The Labute approximate surface area is 101 Å². The highest BCUT2D eigenvalue weighted by Crippen LogP contribution is 2.35. The molecule has 0 bridgehead atoms. The standard InChI is InChI=1S/C14H17FN2/c1-14(10-16,9-11-5-4-6-11)17-13-8-3-2-7-12(13)15/h2-3,7-8,11,17H,4-6,9H2,1H3. The molecule has 1 aliphatic rings. The molecule has 17 heavy (non-hydrogen) atoms. The highest BCUT2D eigenvalue weighted by atomic mass is 19.1. The second-order valence-corrected chi connectivity index (χ2v) is 5.05. The fourth-order valence-electron chi connectivity index (χ4n) is 2.26. The predicted octanol–water partition coefficient (Wildman–Crippen LogP) is 3.71. The molecule has 0 amide bonds. The predicted molar refractivity (Wildman–Crippen MR) is 66.0 cm³/mol. The quantitative estimate of drug-likeness (QED) is 0.859. The van der Waals surface area contributed by atoms with Gasteiger partial charge in [-0.2, -0.15) is 5.26 Å². The van der Waals surface area contributed by atoms with E-state index in [0.29, 0.717) is 11.6 Å². The van der Waals surface area contributed by atoms with E-state index < -0.39 is 5.54 Å². The number of nitrogens with zero attached hydrogens (tertiary/aromatic N) is 1. The van der Waals surface area contributed by atoms with Crippen LogP contribution in [0.3, 0.4) is 0 Å². The fourth-order valence-corrected chi connectivity index (χ4v) is 2.26. The molecule has 1 atom stereocenters. The van der Waals surface area contributed by atoms with Crippen LogP contribution in [0, 0.1) is 23.1 Å². The van der Waals surface area contributed by atoms with Gasteiger partial charge in [0.2, 0.25) is 0 Å². The third-order valence-corrected chi connectivity index (χ3v) is 3.45. The second-order valence-electron chi connectivity index (χ2n) is 5.05. The van der Waals surface area contributed by atoms with Crippen LogP contribution in [0.25, 0.3) is 0 Å². The summed E-state index contributed by atoms with van der Waals surface area (Å²) < 4.78 is 13.5. The molecule has 0 spiro atoms. The van der Waals surface area contributed by atoms with E-state index in [0.717, 1.165) is 6.42 Å². The summed E-state index contributed by atoms with van der Waals surface area (Å²) in [6, 6.07) is 8.77. The van der Waals surface area contributed by atoms with E-state index in [9.17, 15) is 9.65 Å². The lowest BCUT2D eigenvalue weighted by Gasteiger charge is -2.33. The molecule has 0 aromatic heterocycles. The molecule has 0 radical (unpaired) electrons. The molecule has 3 heteroatoms. The third kappa shape index (κ3) is 2.76. The van der Waals surface area contributed by atoms with E-state index in [1.165, 1.54) is 25.3 Å². The van der Waals surface area contributed by atoms with Gasteiger partial charge in [0.05, 0.1) is 11.8 Å². The highest BCUT2D eigenvalue weighted by Gasteiger charge is 2.31. The topological polar surface area (TPSA) is 35.8 Å². The first kappa shape index (κ1) is 11.9. The second kappa shape index (κ2) is 4.75. The maximum Gasteiger partial charge on any atom is 0.146 e. The molecule has 1 N–H and O–H groups in total. The first-order chi connectivity index (χ1) is 8.13. The van der Waals surface area contributed by atoms with E-state index in [-0.39, 0.29) is 5.82 Å². The Hall–Kier alpha value is -1.56. The van der Waals surface area contributed by atoms with Gasteiger partial charge in [-0.3, -0.25) is 0 Å². The fraction of sp³-hybridized carbons (Fsp3) is 0.500. The summed E-state index contributed by atoms with van der Waals surface area (Å²) in [4.78, 5) is 0. The van der Waals surface area contributed by atoms with E-state index in [1.807, 2.05) is 6.92 Å². The van der Waals surface area contributed by atoms with Crippen LogP contribution < -0.4 is 5.32 Å². The highest BCUT2D eigenvalue weighted by molar-refractivity contribution is 5.48. The van der Waals surface area contributed by atoms with Crippen LogP contribution in [-0.2, 0) is 0 Å². The summed E-state index contributed by atoms with van der Waals surface area (Å²) in [5, 5.41) is 12.3. The Morgan fingerprint density at radius 3 is 2.71 bits per heavy atom. The zero-order chi connectivity index (χ0) is 12.3. The number of nitrogens with one attached hydrogen (secondary N) is 1. The Morgan fingerprint density at radius 2 is 2.18 bits per heavy atom. The van der Waals surface area contributed by atoms with Crippen molar-refractivity contribution in [2.45, 2.75) is 38.1 Å². The normalized spacial score (nSPS) is 18.9. The van der Waals surface area contributed by atoms with Gasteiger partial charge in [-0.05, 0) is 31.4 Å². The number of rotatable bonds is 4. The molecule has 1 aromatic carbocycles.